The predicted octanol–water partition coefficient (Wildman–Crippen LogP) is 1.91. The maximum Gasteiger partial charge on any atom is 0.321 e. The quantitative estimate of drug-likeness (QED) is 0.166. The average molecular weight is 255 g/mol. The van der Waals surface area contributed by atoms with E-state index in [9.17, 15) is 0 Å². The van der Waals surface area contributed by atoms with Crippen LogP contribution in [0.1, 0.15) is 13.3 Å². The van der Waals surface area contributed by atoms with E-state index in [0.717, 1.165) is 18.0 Å². The van der Waals surface area contributed by atoms with Crippen LogP contribution in [0.15, 0.2) is 17.3 Å². The van der Waals surface area contributed by atoms with Crippen LogP contribution >= 0.6 is 0 Å². The Morgan fingerprint density at radius 2 is 2.13 bits per heavy atom. The van der Waals surface area contributed by atoms with Crippen LogP contribution in [-0.4, -0.2) is 36.1 Å². The first kappa shape index (κ1) is 14.6. The predicted molar refractivity (Wildman–Crippen MR) is 62.5 cm³/mol. The summed E-state index contributed by atoms with van der Waals surface area (Å²) in [6.45, 7) is 6.20. The molecule has 0 N–H and O–H groups in total. The van der Waals surface area contributed by atoms with Crippen molar-refractivity contribution in [1.82, 2.24) is 0 Å². The van der Waals surface area contributed by atoms with Crippen molar-refractivity contribution in [2.75, 3.05) is 6.54 Å². The zero-order chi connectivity index (χ0) is 11.7. The van der Waals surface area contributed by atoms with Gasteiger partial charge in [-0.2, -0.15) is 0 Å². The van der Waals surface area contributed by atoms with E-state index in [1.165, 1.54) is 0 Å². The number of rotatable bonds is 8. The Hall–Kier alpha value is -0.379. The summed E-state index contributed by atoms with van der Waals surface area (Å²) in [5.74, 6) is 0. The molecule has 0 spiro atoms. The van der Waals surface area contributed by atoms with E-state index in [0.29, 0.717) is 12.6 Å². The second-order valence-corrected chi connectivity index (χ2v) is 7.61. The third-order valence-electron chi connectivity index (χ3n) is 1.82. The molecule has 0 unspecified atom stereocenters. The first-order valence-corrected chi connectivity index (χ1v) is 7.49. The zero-order valence-corrected chi connectivity index (χ0v) is 11.7. The molecule has 0 atom stereocenters. The van der Waals surface area contributed by atoms with Crippen molar-refractivity contribution in [2.24, 2.45) is 5.11 Å². The van der Waals surface area contributed by atoms with Gasteiger partial charge in [0.05, 0.1) is 0 Å². The van der Waals surface area contributed by atoms with Gasteiger partial charge in [0.25, 0.3) is 0 Å². The van der Waals surface area contributed by atoms with Crippen LogP contribution in [0.5, 0.6) is 0 Å². The van der Waals surface area contributed by atoms with Crippen LogP contribution < -0.4 is 0 Å². The van der Waals surface area contributed by atoms with Crippen LogP contribution in [-0.2, 0) is 8.23 Å². The molecule has 0 aromatic carbocycles. The minimum Gasteiger partial charge on any atom is -0.437 e. The Morgan fingerprint density at radius 1 is 1.53 bits per heavy atom. The fourth-order valence-electron chi connectivity index (χ4n) is 1.21. The lowest BCUT2D eigenvalue weighted by atomic mass is 10.4. The van der Waals surface area contributed by atoms with E-state index in [2.05, 4.69) is 37.6 Å². The summed E-state index contributed by atoms with van der Waals surface area (Å²) >= 11 is 0. The Labute approximate surface area is 97.8 Å². The third kappa shape index (κ3) is 5.92. The molecule has 0 aliphatic carbocycles. The van der Waals surface area contributed by atoms with E-state index in [4.69, 9.17) is 13.8 Å². The van der Waals surface area contributed by atoms with E-state index < -0.39 is 8.56 Å². The lowest BCUT2D eigenvalue weighted by Crippen LogP contribution is -2.41. The van der Waals surface area contributed by atoms with Gasteiger partial charge in [-0.05, 0) is 24.9 Å². The van der Waals surface area contributed by atoms with Gasteiger partial charge in [0.2, 0.25) is 21.0 Å². The molecule has 0 bridgehead atoms. The van der Waals surface area contributed by atoms with Gasteiger partial charge in [-0.1, -0.05) is 10.7 Å². The highest BCUT2D eigenvalue weighted by Crippen LogP contribution is 2.22. The van der Waals surface area contributed by atoms with Crippen LogP contribution in [0.2, 0.25) is 12.1 Å². The minimum atomic E-state index is -2.31. The first-order valence-electron chi connectivity index (χ1n) is 4.45. The molecule has 0 aliphatic rings. The SMILES string of the molecule is C=C(C)C[Si](CCCN=[N+]=[N-])(O[Si])O[Si]. The van der Waals surface area contributed by atoms with Crippen LogP contribution in [0.4, 0.5) is 0 Å². The monoisotopic (exact) mass is 255 g/mol. The van der Waals surface area contributed by atoms with Gasteiger partial charge in [-0.25, -0.2) is 0 Å². The van der Waals surface area contributed by atoms with Gasteiger partial charge in [0.15, 0.2) is 0 Å². The van der Waals surface area contributed by atoms with Crippen LogP contribution in [0, 0.1) is 0 Å². The number of allylic oxidation sites excluding steroid dienone is 1. The molecule has 0 saturated carbocycles. The summed E-state index contributed by atoms with van der Waals surface area (Å²) in [7, 11) is 3.77. The van der Waals surface area contributed by atoms with Gasteiger partial charge in [0.1, 0.15) is 0 Å². The molecule has 0 saturated heterocycles. The molecule has 5 nitrogen and oxygen atoms in total. The largest absolute Gasteiger partial charge is 0.437 e. The van der Waals surface area contributed by atoms with Gasteiger partial charge >= 0.3 is 8.56 Å². The molecule has 15 heavy (non-hydrogen) atoms. The molecule has 0 rings (SSSR count). The highest BCUT2D eigenvalue weighted by atomic mass is 28.4. The fourth-order valence-corrected chi connectivity index (χ4v) is 4.94. The van der Waals surface area contributed by atoms with E-state index >= 15 is 0 Å². The van der Waals surface area contributed by atoms with Crippen molar-refractivity contribution in [3.8, 4) is 0 Å². The second kappa shape index (κ2) is 7.85. The van der Waals surface area contributed by atoms with Gasteiger partial charge in [-0.15, -0.1) is 6.58 Å². The lowest BCUT2D eigenvalue weighted by molar-refractivity contribution is 0.420. The van der Waals surface area contributed by atoms with Crippen molar-refractivity contribution < 1.29 is 8.23 Å². The molecule has 0 aromatic heterocycles. The van der Waals surface area contributed by atoms with Crippen molar-refractivity contribution in [3.63, 3.8) is 0 Å². The highest BCUT2D eigenvalue weighted by Gasteiger charge is 2.33. The molecule has 6 radical (unpaired) electrons. The topological polar surface area (TPSA) is 67.2 Å². The summed E-state index contributed by atoms with van der Waals surface area (Å²) in [4.78, 5) is 2.68. The summed E-state index contributed by atoms with van der Waals surface area (Å²) in [5, 5.41) is 3.46. The zero-order valence-electron chi connectivity index (χ0n) is 8.69. The standard InChI is InChI=1S/C7H13N3O2Si3/c1-7(2)6-15(11-13,12-14)5-3-4-9-10-8/h1,3-6H2,2H3. The number of azide groups is 1. The summed E-state index contributed by atoms with van der Waals surface area (Å²) in [5.41, 5.74) is 9.13. The van der Waals surface area contributed by atoms with Crippen molar-refractivity contribution in [2.45, 2.75) is 25.4 Å². The molecule has 80 valence electrons. The average Bonchev–Trinajstić information content (AvgIpc) is 2.22. The molecule has 0 heterocycles. The van der Waals surface area contributed by atoms with E-state index in [1.807, 2.05) is 6.92 Å². The number of hydrogen-bond acceptors (Lipinski definition) is 3. The normalized spacial score (nSPS) is 10.9. The molecule has 8 heteroatoms. The van der Waals surface area contributed by atoms with Crippen molar-refractivity contribution in [3.05, 3.63) is 22.6 Å². The van der Waals surface area contributed by atoms with Crippen LogP contribution in [0.3, 0.4) is 0 Å². The van der Waals surface area contributed by atoms with Crippen LogP contribution in [0.25, 0.3) is 10.4 Å². The Bertz CT molecular complexity index is 252. The van der Waals surface area contributed by atoms with E-state index in [-0.39, 0.29) is 0 Å². The molecule has 0 fully saturated rings. The number of nitrogens with zero attached hydrogens (tertiary/aromatic N) is 3. The Kier molecular flexibility index (Phi) is 7.65. The maximum atomic E-state index is 8.13. The number of hydrogen-bond donors (Lipinski definition) is 0. The summed E-state index contributed by atoms with van der Waals surface area (Å²) < 4.78 is 10.5. The third-order valence-corrected chi connectivity index (χ3v) is 7.06. The minimum absolute atomic E-state index is 0.451. The van der Waals surface area contributed by atoms with Gasteiger partial charge in [-0.3, -0.25) is 0 Å². The second-order valence-electron chi connectivity index (χ2n) is 3.31. The molecular formula is C7H13N3O2Si3. The molecular weight excluding hydrogens is 242 g/mol. The van der Waals surface area contributed by atoms with Gasteiger partial charge in [0, 0.05) is 17.5 Å². The molecule has 0 aliphatic heterocycles. The Balaban J connectivity index is 4.22. The maximum absolute atomic E-state index is 8.13. The molecule has 0 aromatic rings. The van der Waals surface area contributed by atoms with E-state index in [1.54, 1.807) is 0 Å². The molecule has 0 amide bonds. The van der Waals surface area contributed by atoms with Gasteiger partial charge < -0.3 is 8.23 Å². The van der Waals surface area contributed by atoms with Crippen molar-refractivity contribution >= 4 is 29.5 Å². The lowest BCUT2D eigenvalue weighted by Gasteiger charge is -2.28. The highest BCUT2D eigenvalue weighted by molar-refractivity contribution is 6.73. The Morgan fingerprint density at radius 3 is 2.53 bits per heavy atom. The fraction of sp³-hybridized carbons (Fsp3) is 0.714. The smallest absolute Gasteiger partial charge is 0.321 e. The summed E-state index contributed by atoms with van der Waals surface area (Å²) in [6, 6.07) is 1.42. The van der Waals surface area contributed by atoms with Crippen molar-refractivity contribution in [1.29, 1.82) is 0 Å². The summed E-state index contributed by atoms with van der Waals surface area (Å²) in [6.07, 6.45) is 0.735. The first-order chi connectivity index (χ1) is 7.10.